The Hall–Kier alpha value is -2.48. The fourth-order valence-electron chi connectivity index (χ4n) is 2.26. The summed E-state index contributed by atoms with van der Waals surface area (Å²) in [7, 11) is 0. The van der Waals surface area contributed by atoms with E-state index in [9.17, 15) is 14.4 Å². The van der Waals surface area contributed by atoms with Crippen LogP contribution in [0.4, 0.5) is 4.79 Å². The number of ether oxygens (including phenoxy) is 3. The molecule has 8 heteroatoms. The van der Waals surface area contributed by atoms with Crippen molar-refractivity contribution in [2.45, 2.75) is 26.4 Å². The van der Waals surface area contributed by atoms with Crippen molar-refractivity contribution in [3.63, 3.8) is 0 Å². The molecule has 0 spiro atoms. The van der Waals surface area contributed by atoms with E-state index in [1.165, 1.54) is 0 Å². The van der Waals surface area contributed by atoms with Crippen LogP contribution >= 0.6 is 11.8 Å². The number of hydrogen-bond donors (Lipinski definition) is 0. The van der Waals surface area contributed by atoms with Crippen LogP contribution < -0.4 is 9.47 Å². The number of nitrogens with zero attached hydrogens (tertiary/aromatic N) is 1. The maximum Gasteiger partial charge on any atom is 0.326 e. The van der Waals surface area contributed by atoms with Gasteiger partial charge in [0.05, 0.1) is 11.0 Å². The molecule has 25 heavy (non-hydrogen) atoms. The number of fused-ring (bicyclic) bond motifs is 1. The van der Waals surface area contributed by atoms with E-state index in [1.807, 2.05) is 6.92 Å². The second-order valence-corrected chi connectivity index (χ2v) is 6.58. The second-order valence-electron chi connectivity index (χ2n) is 5.59. The van der Waals surface area contributed by atoms with Gasteiger partial charge < -0.3 is 14.2 Å². The zero-order valence-electron chi connectivity index (χ0n) is 13.8. The normalized spacial score (nSPS) is 18.8. The Labute approximate surface area is 148 Å². The maximum absolute atomic E-state index is 12.4. The van der Waals surface area contributed by atoms with E-state index >= 15 is 0 Å². The van der Waals surface area contributed by atoms with Crippen molar-refractivity contribution >= 4 is 35.0 Å². The molecule has 1 aromatic carbocycles. The molecule has 1 saturated heterocycles. The fourth-order valence-corrected chi connectivity index (χ4v) is 3.10. The monoisotopic (exact) mass is 363 g/mol. The lowest BCUT2D eigenvalue weighted by Crippen LogP contribution is -2.35. The summed E-state index contributed by atoms with van der Waals surface area (Å²) in [5, 5.41) is -0.488. The van der Waals surface area contributed by atoms with Gasteiger partial charge in [-0.1, -0.05) is 13.0 Å². The Morgan fingerprint density at radius 1 is 1.36 bits per heavy atom. The van der Waals surface area contributed by atoms with Gasteiger partial charge in [0.2, 0.25) is 6.79 Å². The third-order valence-electron chi connectivity index (χ3n) is 3.76. The van der Waals surface area contributed by atoms with Crippen LogP contribution in [0.5, 0.6) is 11.5 Å². The van der Waals surface area contributed by atoms with Gasteiger partial charge >= 0.3 is 5.97 Å². The minimum atomic E-state index is -0.596. The van der Waals surface area contributed by atoms with Crippen LogP contribution in [0, 0.1) is 0 Å². The second kappa shape index (κ2) is 7.18. The van der Waals surface area contributed by atoms with E-state index < -0.39 is 17.1 Å². The minimum absolute atomic E-state index is 0.160. The summed E-state index contributed by atoms with van der Waals surface area (Å²) in [4.78, 5) is 37.4. The predicted molar refractivity (Wildman–Crippen MR) is 91.1 cm³/mol. The lowest BCUT2D eigenvalue weighted by Gasteiger charge is -2.14. The topological polar surface area (TPSA) is 82.1 Å². The summed E-state index contributed by atoms with van der Waals surface area (Å²) in [6.45, 7) is 3.42. The third-order valence-corrected chi connectivity index (χ3v) is 4.67. The molecule has 2 heterocycles. The Kier molecular flexibility index (Phi) is 4.98. The highest BCUT2D eigenvalue weighted by molar-refractivity contribution is 8.18. The molecule has 1 aromatic rings. The molecule has 0 bridgehead atoms. The van der Waals surface area contributed by atoms with Crippen molar-refractivity contribution in [3.8, 4) is 11.5 Å². The van der Waals surface area contributed by atoms with Crippen molar-refractivity contribution < 1.29 is 28.6 Å². The first kappa shape index (κ1) is 17.3. The van der Waals surface area contributed by atoms with Gasteiger partial charge in [0.15, 0.2) is 11.5 Å². The molecule has 0 saturated carbocycles. The zero-order chi connectivity index (χ0) is 18.0. The summed E-state index contributed by atoms with van der Waals surface area (Å²) in [5.41, 5.74) is 0.705. The lowest BCUT2D eigenvalue weighted by molar-refractivity contribution is -0.150. The Morgan fingerprint density at radius 2 is 2.12 bits per heavy atom. The largest absolute Gasteiger partial charge is 0.461 e. The van der Waals surface area contributed by atoms with E-state index in [0.29, 0.717) is 23.5 Å². The molecule has 1 atom stereocenters. The molecule has 0 aromatic heterocycles. The molecule has 0 aliphatic carbocycles. The van der Waals surface area contributed by atoms with Crippen LogP contribution in [-0.2, 0) is 14.3 Å². The zero-order valence-corrected chi connectivity index (χ0v) is 14.6. The van der Waals surface area contributed by atoms with Crippen LogP contribution in [0.15, 0.2) is 23.1 Å². The van der Waals surface area contributed by atoms with E-state index in [0.717, 1.165) is 16.7 Å². The first-order chi connectivity index (χ1) is 12.0. The third kappa shape index (κ3) is 3.79. The highest BCUT2D eigenvalue weighted by Gasteiger charge is 2.36. The molecular weight excluding hydrogens is 346 g/mol. The predicted octanol–water partition coefficient (Wildman–Crippen LogP) is 2.79. The molecule has 1 fully saturated rings. The fraction of sp³-hybridized carbons (Fsp3) is 0.353. The van der Waals surface area contributed by atoms with Crippen LogP contribution in [0.3, 0.4) is 0 Å². The maximum atomic E-state index is 12.4. The van der Waals surface area contributed by atoms with Crippen molar-refractivity contribution in [2.24, 2.45) is 0 Å². The molecule has 0 radical (unpaired) electrons. The van der Waals surface area contributed by atoms with Crippen LogP contribution in [-0.4, -0.2) is 41.5 Å². The van der Waals surface area contributed by atoms with E-state index in [-0.39, 0.29) is 24.3 Å². The number of imide groups is 1. The number of hydrogen-bond acceptors (Lipinski definition) is 7. The van der Waals surface area contributed by atoms with Gasteiger partial charge in [-0.05, 0) is 48.9 Å². The van der Waals surface area contributed by atoms with Gasteiger partial charge in [-0.2, -0.15) is 0 Å². The van der Waals surface area contributed by atoms with Crippen molar-refractivity contribution in [3.05, 3.63) is 28.7 Å². The first-order valence-corrected chi connectivity index (χ1v) is 8.64. The number of carbonyl (C=O) groups is 3. The summed E-state index contributed by atoms with van der Waals surface area (Å²) in [6, 6.07) is 5.23. The average molecular weight is 363 g/mol. The van der Waals surface area contributed by atoms with E-state index in [4.69, 9.17) is 14.2 Å². The number of rotatable bonds is 5. The summed E-state index contributed by atoms with van der Waals surface area (Å²) >= 11 is 0.795. The van der Waals surface area contributed by atoms with E-state index in [2.05, 4.69) is 0 Å². The molecule has 3 rings (SSSR count). The molecule has 2 amide bonds. The van der Waals surface area contributed by atoms with E-state index in [1.54, 1.807) is 31.2 Å². The van der Waals surface area contributed by atoms with Gasteiger partial charge in [0.1, 0.15) is 6.54 Å². The highest BCUT2D eigenvalue weighted by atomic mass is 32.2. The average Bonchev–Trinajstić information content (AvgIpc) is 3.14. The smallest absolute Gasteiger partial charge is 0.326 e. The number of thioether (sulfide) groups is 1. The molecular formula is C17H17NO6S. The van der Waals surface area contributed by atoms with Crippen molar-refractivity contribution in [2.75, 3.05) is 13.3 Å². The summed E-state index contributed by atoms with van der Waals surface area (Å²) < 4.78 is 15.6. The van der Waals surface area contributed by atoms with Gasteiger partial charge in [-0.3, -0.25) is 19.3 Å². The van der Waals surface area contributed by atoms with Crippen molar-refractivity contribution in [1.82, 2.24) is 4.90 Å². The quantitative estimate of drug-likeness (QED) is 0.588. The minimum Gasteiger partial charge on any atom is -0.461 e. The molecule has 2 aliphatic heterocycles. The first-order valence-electron chi connectivity index (χ1n) is 7.82. The lowest BCUT2D eigenvalue weighted by atomic mass is 10.2. The highest BCUT2D eigenvalue weighted by Crippen LogP contribution is 2.36. The molecule has 0 unspecified atom stereocenters. The Balaban J connectivity index is 1.71. The molecule has 2 aliphatic rings. The molecule has 7 nitrogen and oxygen atoms in total. The number of benzene rings is 1. The number of esters is 1. The van der Waals surface area contributed by atoms with Gasteiger partial charge in [0.25, 0.3) is 11.1 Å². The number of carbonyl (C=O) groups excluding carboxylic acids is 3. The Bertz CT molecular complexity index is 760. The summed E-state index contributed by atoms with van der Waals surface area (Å²) in [5.74, 6) is 0.123. The van der Waals surface area contributed by atoms with Crippen LogP contribution in [0.25, 0.3) is 6.08 Å². The van der Waals surface area contributed by atoms with Crippen LogP contribution in [0.1, 0.15) is 25.8 Å². The summed E-state index contributed by atoms with van der Waals surface area (Å²) in [6.07, 6.45) is 2.00. The van der Waals surface area contributed by atoms with Gasteiger partial charge in [-0.15, -0.1) is 0 Å². The van der Waals surface area contributed by atoms with Crippen molar-refractivity contribution in [1.29, 1.82) is 0 Å². The molecule has 132 valence electrons. The van der Waals surface area contributed by atoms with Gasteiger partial charge in [0, 0.05) is 0 Å². The Morgan fingerprint density at radius 3 is 2.88 bits per heavy atom. The SMILES string of the molecule is CC[C@H](C)OC(=O)CN1C(=O)S/C(=C/c2ccc3c(c2)OCO3)C1=O. The number of amides is 2. The standard InChI is InChI=1S/C17H17NO6S/c1-3-10(2)24-15(19)8-18-16(20)14(25-17(18)21)7-11-4-5-12-13(6-11)23-9-22-12/h4-7,10H,3,8-9H2,1-2H3/b14-7+/t10-/m0/s1. The van der Waals surface area contributed by atoms with Gasteiger partial charge in [-0.25, -0.2) is 0 Å². The van der Waals surface area contributed by atoms with Crippen LogP contribution in [0.2, 0.25) is 0 Å². The molecule has 0 N–H and O–H groups in total.